The number of carbonyl (C=O) groups is 1. The second-order valence-electron chi connectivity index (χ2n) is 6.37. The molecule has 1 amide bonds. The van der Waals surface area contributed by atoms with Gasteiger partial charge in [-0.1, -0.05) is 0 Å². The summed E-state index contributed by atoms with van der Waals surface area (Å²) in [6, 6.07) is 5.90. The summed E-state index contributed by atoms with van der Waals surface area (Å²) < 4.78 is 21.2. The van der Waals surface area contributed by atoms with Gasteiger partial charge in [-0.25, -0.2) is 0 Å². The molecule has 2 aromatic rings. The molecule has 1 aromatic carbocycles. The van der Waals surface area contributed by atoms with Gasteiger partial charge < -0.3 is 23.9 Å². The minimum absolute atomic E-state index is 0.104. The summed E-state index contributed by atoms with van der Waals surface area (Å²) in [4.78, 5) is 25.8. The summed E-state index contributed by atoms with van der Waals surface area (Å²) in [5.74, 6) is 0.535. The van der Waals surface area contributed by atoms with Gasteiger partial charge in [0, 0.05) is 25.7 Å². The summed E-state index contributed by atoms with van der Waals surface area (Å²) >= 11 is 0. The third-order valence-electron chi connectivity index (χ3n) is 4.76. The predicted octanol–water partition coefficient (Wildman–Crippen LogP) is 2.01. The molecule has 1 aliphatic heterocycles. The second kappa shape index (κ2) is 9.39. The number of benzene rings is 1. The van der Waals surface area contributed by atoms with Gasteiger partial charge >= 0.3 is 0 Å². The van der Waals surface area contributed by atoms with Crippen molar-refractivity contribution < 1.29 is 28.3 Å². The molecule has 2 heterocycles. The number of nitro benzene ring substituents is 1. The van der Waals surface area contributed by atoms with Gasteiger partial charge in [-0.05, 0) is 12.1 Å². The molecule has 1 aromatic heterocycles. The van der Waals surface area contributed by atoms with E-state index in [1.165, 1.54) is 26.4 Å². The van der Waals surface area contributed by atoms with Crippen LogP contribution < -0.4 is 14.8 Å². The first-order valence-corrected chi connectivity index (χ1v) is 9.09. The van der Waals surface area contributed by atoms with Crippen molar-refractivity contribution in [1.82, 2.24) is 10.2 Å². The number of methoxy groups -OCH3 is 2. The number of rotatable bonds is 8. The molecule has 10 heteroatoms. The highest BCUT2D eigenvalue weighted by atomic mass is 16.6. The Balaban J connectivity index is 1.82. The monoisotopic (exact) mass is 405 g/mol. The third-order valence-corrected chi connectivity index (χ3v) is 4.76. The largest absolute Gasteiger partial charge is 0.493 e. The fourth-order valence-corrected chi connectivity index (χ4v) is 3.27. The number of hydrogen-bond acceptors (Lipinski definition) is 8. The van der Waals surface area contributed by atoms with E-state index in [1.54, 1.807) is 12.3 Å². The number of nitro groups is 1. The Kier molecular flexibility index (Phi) is 6.68. The maximum absolute atomic E-state index is 12.8. The van der Waals surface area contributed by atoms with Gasteiger partial charge in [0.1, 0.15) is 11.3 Å². The van der Waals surface area contributed by atoms with Crippen molar-refractivity contribution in [2.45, 2.75) is 6.04 Å². The van der Waals surface area contributed by atoms with E-state index in [0.29, 0.717) is 32.1 Å². The molecule has 0 aliphatic carbocycles. The van der Waals surface area contributed by atoms with Crippen molar-refractivity contribution in [3.05, 3.63) is 52.0 Å². The maximum atomic E-state index is 12.8. The van der Waals surface area contributed by atoms with Gasteiger partial charge in [0.15, 0.2) is 11.5 Å². The molecule has 10 nitrogen and oxygen atoms in total. The van der Waals surface area contributed by atoms with Crippen molar-refractivity contribution in [2.24, 2.45) is 0 Å². The first kappa shape index (κ1) is 20.6. The molecule has 3 rings (SSSR count). The van der Waals surface area contributed by atoms with Crippen LogP contribution in [-0.2, 0) is 4.74 Å². The number of morpholine rings is 1. The summed E-state index contributed by atoms with van der Waals surface area (Å²) in [6.07, 6.45) is 1.57. The quantitative estimate of drug-likeness (QED) is 0.524. The Hall–Kier alpha value is -3.11. The molecular weight excluding hydrogens is 382 g/mol. The smallest absolute Gasteiger partial charge is 0.286 e. The molecule has 1 unspecified atom stereocenters. The van der Waals surface area contributed by atoms with E-state index in [9.17, 15) is 14.9 Å². The summed E-state index contributed by atoms with van der Waals surface area (Å²) in [7, 11) is 2.77. The van der Waals surface area contributed by atoms with Crippen molar-refractivity contribution in [1.29, 1.82) is 0 Å². The molecule has 156 valence electrons. The van der Waals surface area contributed by atoms with Crippen molar-refractivity contribution in [3.8, 4) is 11.5 Å². The number of nitrogens with zero attached hydrogens (tertiary/aromatic N) is 2. The third kappa shape index (κ3) is 4.66. The first-order chi connectivity index (χ1) is 14.0. The summed E-state index contributed by atoms with van der Waals surface area (Å²) in [5, 5.41) is 14.2. The zero-order valence-corrected chi connectivity index (χ0v) is 16.3. The number of nitrogens with one attached hydrogen (secondary N) is 1. The maximum Gasteiger partial charge on any atom is 0.286 e. The molecule has 29 heavy (non-hydrogen) atoms. The number of carbonyl (C=O) groups excluding carboxylic acids is 1. The molecule has 0 spiro atoms. The van der Waals surface area contributed by atoms with E-state index < -0.39 is 10.8 Å². The Bertz CT molecular complexity index is 848. The van der Waals surface area contributed by atoms with Crippen LogP contribution in [0.3, 0.4) is 0 Å². The topological polar surface area (TPSA) is 116 Å². The van der Waals surface area contributed by atoms with Crippen LogP contribution in [-0.4, -0.2) is 62.8 Å². The van der Waals surface area contributed by atoms with Crippen LogP contribution in [0.1, 0.15) is 22.2 Å². The van der Waals surface area contributed by atoms with E-state index in [2.05, 4.69) is 10.2 Å². The molecule has 1 atom stereocenters. The van der Waals surface area contributed by atoms with Gasteiger partial charge in [0.05, 0.1) is 50.7 Å². The lowest BCUT2D eigenvalue weighted by Crippen LogP contribution is -2.43. The van der Waals surface area contributed by atoms with E-state index in [4.69, 9.17) is 18.6 Å². The van der Waals surface area contributed by atoms with E-state index in [1.807, 2.05) is 6.07 Å². The van der Waals surface area contributed by atoms with Crippen LogP contribution in [0.5, 0.6) is 11.5 Å². The number of ether oxygens (including phenoxy) is 3. The van der Waals surface area contributed by atoms with Crippen LogP contribution >= 0.6 is 0 Å². The average Bonchev–Trinajstić information content (AvgIpc) is 3.28. The lowest BCUT2D eigenvalue weighted by Gasteiger charge is -2.33. The molecule has 1 aliphatic rings. The summed E-state index contributed by atoms with van der Waals surface area (Å²) in [5.41, 5.74) is -0.464. The predicted molar refractivity (Wildman–Crippen MR) is 102 cm³/mol. The van der Waals surface area contributed by atoms with E-state index in [0.717, 1.165) is 0 Å². The molecule has 1 fully saturated rings. The molecule has 0 bridgehead atoms. The highest BCUT2D eigenvalue weighted by Gasteiger charge is 2.28. The first-order valence-electron chi connectivity index (χ1n) is 9.09. The number of hydrogen-bond donors (Lipinski definition) is 1. The van der Waals surface area contributed by atoms with Gasteiger partial charge in [0.2, 0.25) is 0 Å². The second-order valence-corrected chi connectivity index (χ2v) is 6.37. The van der Waals surface area contributed by atoms with Crippen LogP contribution in [0.2, 0.25) is 0 Å². The molecule has 0 radical (unpaired) electrons. The zero-order valence-electron chi connectivity index (χ0n) is 16.3. The Labute approximate surface area is 167 Å². The molecule has 0 saturated carbocycles. The minimum Gasteiger partial charge on any atom is -0.493 e. The van der Waals surface area contributed by atoms with Crippen molar-refractivity contribution in [3.63, 3.8) is 0 Å². The Morgan fingerprint density at radius 2 is 1.97 bits per heavy atom. The Morgan fingerprint density at radius 1 is 1.28 bits per heavy atom. The fourth-order valence-electron chi connectivity index (χ4n) is 3.27. The van der Waals surface area contributed by atoms with Gasteiger partial charge in [-0.2, -0.15) is 0 Å². The fraction of sp³-hybridized carbons (Fsp3) is 0.421. The van der Waals surface area contributed by atoms with Crippen LogP contribution in [0, 0.1) is 10.1 Å². The standard InChI is InChI=1S/C19H23N3O7/c1-26-17-10-13(14(22(24)25)11-18(17)27-2)19(23)20-12-15(16-4-3-7-29-16)21-5-8-28-9-6-21/h3-4,7,10-11,15H,5-6,8-9,12H2,1-2H3,(H,20,23). The van der Waals surface area contributed by atoms with Gasteiger partial charge in [0.25, 0.3) is 11.6 Å². The number of furan rings is 1. The number of amides is 1. The van der Waals surface area contributed by atoms with Gasteiger partial charge in [-0.15, -0.1) is 0 Å². The molecule has 1 N–H and O–H groups in total. The van der Waals surface area contributed by atoms with Crippen LogP contribution in [0.25, 0.3) is 0 Å². The van der Waals surface area contributed by atoms with Gasteiger partial charge in [-0.3, -0.25) is 19.8 Å². The highest BCUT2D eigenvalue weighted by molar-refractivity contribution is 5.99. The van der Waals surface area contributed by atoms with Crippen molar-refractivity contribution in [2.75, 3.05) is 47.1 Å². The van der Waals surface area contributed by atoms with E-state index >= 15 is 0 Å². The normalized spacial score (nSPS) is 15.5. The SMILES string of the molecule is COc1cc(C(=O)NCC(c2ccco2)N2CCOCC2)c([N+](=O)[O-])cc1OC. The molecule has 1 saturated heterocycles. The van der Waals surface area contributed by atoms with E-state index in [-0.39, 0.29) is 35.3 Å². The van der Waals surface area contributed by atoms with Crippen LogP contribution in [0.15, 0.2) is 34.9 Å². The molecular formula is C19H23N3O7. The average molecular weight is 405 g/mol. The summed E-state index contributed by atoms with van der Waals surface area (Å²) in [6.45, 7) is 2.78. The highest BCUT2D eigenvalue weighted by Crippen LogP contribution is 2.34. The lowest BCUT2D eigenvalue weighted by atomic mass is 10.1. The minimum atomic E-state index is -0.622. The zero-order chi connectivity index (χ0) is 20.8. The Morgan fingerprint density at radius 3 is 2.55 bits per heavy atom. The lowest BCUT2D eigenvalue weighted by molar-refractivity contribution is -0.385. The van der Waals surface area contributed by atoms with Crippen molar-refractivity contribution >= 4 is 11.6 Å². The van der Waals surface area contributed by atoms with Crippen LogP contribution in [0.4, 0.5) is 5.69 Å².